The van der Waals surface area contributed by atoms with E-state index in [-0.39, 0.29) is 6.54 Å². The zero-order valence-corrected chi connectivity index (χ0v) is 14.2. The standard InChI is InChI=1S/C13H12Cl2N2O2S2/c1-17(6-11(18)19)10(20)5-4-9-16-13-8(21-9)3-2-7(14)12(13)15/h2-3H,4-6H2,1H3,(H,18,19). The van der Waals surface area contributed by atoms with Crippen LogP contribution in [0.3, 0.4) is 0 Å². The summed E-state index contributed by atoms with van der Waals surface area (Å²) in [7, 11) is 1.67. The van der Waals surface area contributed by atoms with Crippen LogP contribution in [0.4, 0.5) is 0 Å². The number of nitrogens with zero attached hydrogens (tertiary/aromatic N) is 2. The summed E-state index contributed by atoms with van der Waals surface area (Å²) < 4.78 is 0.976. The molecule has 0 aliphatic heterocycles. The SMILES string of the molecule is CN(CC(=O)O)C(=S)CCc1nc2c(Cl)c(Cl)ccc2s1. The molecule has 2 rings (SSSR count). The Kier molecular flexibility index (Phi) is 5.37. The van der Waals surface area contributed by atoms with Crippen LogP contribution in [0.5, 0.6) is 0 Å². The molecule has 0 unspecified atom stereocenters. The first-order valence-corrected chi connectivity index (χ1v) is 8.05. The van der Waals surface area contributed by atoms with Gasteiger partial charge in [0.1, 0.15) is 12.1 Å². The van der Waals surface area contributed by atoms with Crippen molar-refractivity contribution in [2.75, 3.05) is 13.6 Å². The monoisotopic (exact) mass is 362 g/mol. The summed E-state index contributed by atoms with van der Waals surface area (Å²) >= 11 is 18.8. The Labute approximate surface area is 141 Å². The van der Waals surface area contributed by atoms with Gasteiger partial charge in [0.2, 0.25) is 0 Å². The van der Waals surface area contributed by atoms with Crippen LogP contribution in [0.15, 0.2) is 12.1 Å². The van der Waals surface area contributed by atoms with Crippen molar-refractivity contribution in [3.05, 3.63) is 27.2 Å². The number of aliphatic carboxylic acids is 1. The van der Waals surface area contributed by atoms with Gasteiger partial charge < -0.3 is 10.0 Å². The molecule has 21 heavy (non-hydrogen) atoms. The zero-order chi connectivity index (χ0) is 15.6. The van der Waals surface area contributed by atoms with Gasteiger partial charge in [0, 0.05) is 19.9 Å². The van der Waals surface area contributed by atoms with E-state index in [1.807, 2.05) is 6.07 Å². The van der Waals surface area contributed by atoms with Gasteiger partial charge in [-0.2, -0.15) is 0 Å². The number of thiazole rings is 1. The fourth-order valence-corrected chi connectivity index (χ4v) is 3.34. The van der Waals surface area contributed by atoms with Gasteiger partial charge in [-0.3, -0.25) is 4.79 Å². The highest BCUT2D eigenvalue weighted by Gasteiger charge is 2.12. The number of carboxylic acid groups (broad SMARTS) is 1. The maximum Gasteiger partial charge on any atom is 0.323 e. The molecule has 1 heterocycles. The van der Waals surface area contributed by atoms with Crippen LogP contribution < -0.4 is 0 Å². The van der Waals surface area contributed by atoms with Crippen LogP contribution in [0, 0.1) is 0 Å². The van der Waals surface area contributed by atoms with E-state index in [1.54, 1.807) is 18.0 Å². The Balaban J connectivity index is 2.05. The average molecular weight is 363 g/mol. The fourth-order valence-electron chi connectivity index (χ4n) is 1.79. The molecule has 1 N–H and O–H groups in total. The lowest BCUT2D eigenvalue weighted by Gasteiger charge is -2.16. The van der Waals surface area contributed by atoms with Gasteiger partial charge in [-0.1, -0.05) is 35.4 Å². The molecule has 0 radical (unpaired) electrons. The minimum atomic E-state index is -0.902. The van der Waals surface area contributed by atoms with Gasteiger partial charge in [-0.05, 0) is 12.1 Å². The van der Waals surface area contributed by atoms with Crippen molar-refractivity contribution >= 4 is 67.9 Å². The predicted octanol–water partition coefficient (Wildman–Crippen LogP) is 3.88. The van der Waals surface area contributed by atoms with Gasteiger partial charge in [0.05, 0.1) is 24.7 Å². The number of aryl methyl sites for hydroxylation is 1. The molecule has 0 amide bonds. The van der Waals surface area contributed by atoms with Crippen LogP contribution in [-0.2, 0) is 11.2 Å². The van der Waals surface area contributed by atoms with Gasteiger partial charge in [-0.25, -0.2) is 4.98 Å². The molecule has 0 bridgehead atoms. The Bertz CT molecular complexity index is 703. The lowest BCUT2D eigenvalue weighted by molar-refractivity contribution is -0.137. The number of halogens is 2. The van der Waals surface area contributed by atoms with Crippen molar-refractivity contribution in [1.29, 1.82) is 0 Å². The van der Waals surface area contributed by atoms with E-state index in [0.717, 1.165) is 9.71 Å². The van der Waals surface area contributed by atoms with Crippen molar-refractivity contribution in [3.63, 3.8) is 0 Å². The maximum absolute atomic E-state index is 10.6. The van der Waals surface area contributed by atoms with Crippen LogP contribution in [0.25, 0.3) is 10.2 Å². The van der Waals surface area contributed by atoms with Crippen LogP contribution >= 0.6 is 46.8 Å². The molecule has 4 nitrogen and oxygen atoms in total. The second-order valence-electron chi connectivity index (χ2n) is 4.46. The lowest BCUT2D eigenvalue weighted by Crippen LogP contribution is -2.30. The zero-order valence-electron chi connectivity index (χ0n) is 11.1. The van der Waals surface area contributed by atoms with Gasteiger partial charge >= 0.3 is 5.97 Å². The predicted molar refractivity (Wildman–Crippen MR) is 90.8 cm³/mol. The lowest BCUT2D eigenvalue weighted by atomic mass is 10.3. The Morgan fingerprint density at radius 3 is 2.86 bits per heavy atom. The maximum atomic E-state index is 10.6. The summed E-state index contributed by atoms with van der Waals surface area (Å²) in [5.41, 5.74) is 0.703. The van der Waals surface area contributed by atoms with Gasteiger partial charge in [-0.15, -0.1) is 11.3 Å². The van der Waals surface area contributed by atoms with Gasteiger partial charge in [0.25, 0.3) is 0 Å². The minimum absolute atomic E-state index is 0.0971. The summed E-state index contributed by atoms with van der Waals surface area (Å²) in [6.07, 6.45) is 1.22. The van der Waals surface area contributed by atoms with Crippen molar-refractivity contribution < 1.29 is 9.90 Å². The molecule has 112 valence electrons. The highest BCUT2D eigenvalue weighted by molar-refractivity contribution is 7.80. The van der Waals surface area contributed by atoms with E-state index in [2.05, 4.69) is 4.98 Å². The first-order valence-electron chi connectivity index (χ1n) is 6.07. The fraction of sp³-hybridized carbons (Fsp3) is 0.308. The molecule has 0 saturated heterocycles. The molecule has 0 fully saturated rings. The number of likely N-dealkylation sites (N-methyl/N-ethyl adjacent to an activating group) is 1. The number of hydrogen-bond donors (Lipinski definition) is 1. The topological polar surface area (TPSA) is 53.4 Å². The number of rotatable bonds is 5. The third kappa shape index (κ3) is 4.03. The first-order chi connectivity index (χ1) is 9.88. The molecule has 0 spiro atoms. The van der Waals surface area contributed by atoms with Crippen molar-refractivity contribution in [1.82, 2.24) is 9.88 Å². The number of hydrogen-bond acceptors (Lipinski definition) is 4. The number of benzene rings is 1. The normalized spacial score (nSPS) is 10.8. The molecule has 0 aliphatic rings. The average Bonchev–Trinajstić information content (AvgIpc) is 2.83. The molecule has 0 saturated carbocycles. The third-order valence-corrected chi connectivity index (χ3v) is 5.24. The number of fused-ring (bicyclic) bond motifs is 1. The van der Waals surface area contributed by atoms with Crippen LogP contribution in [-0.4, -0.2) is 39.5 Å². The second kappa shape index (κ2) is 6.87. The smallest absolute Gasteiger partial charge is 0.323 e. The van der Waals surface area contributed by atoms with E-state index < -0.39 is 5.97 Å². The van der Waals surface area contributed by atoms with Crippen LogP contribution in [0.2, 0.25) is 10.0 Å². The summed E-state index contributed by atoms with van der Waals surface area (Å²) in [6, 6.07) is 3.64. The quantitative estimate of drug-likeness (QED) is 0.817. The largest absolute Gasteiger partial charge is 0.480 e. The molecule has 0 aliphatic carbocycles. The van der Waals surface area contributed by atoms with Crippen molar-refractivity contribution in [2.24, 2.45) is 0 Å². The Morgan fingerprint density at radius 1 is 1.48 bits per heavy atom. The third-order valence-electron chi connectivity index (χ3n) is 2.85. The summed E-state index contributed by atoms with van der Waals surface area (Å²) in [4.78, 5) is 17.3. The number of carbonyl (C=O) groups is 1. The molecular formula is C13H12Cl2N2O2S2. The van der Waals surface area contributed by atoms with E-state index in [4.69, 9.17) is 40.5 Å². The van der Waals surface area contributed by atoms with Crippen molar-refractivity contribution in [3.8, 4) is 0 Å². The van der Waals surface area contributed by atoms with E-state index in [0.29, 0.717) is 33.4 Å². The highest BCUT2D eigenvalue weighted by Crippen LogP contribution is 2.33. The Hall–Kier alpha value is -0.950. The van der Waals surface area contributed by atoms with E-state index in [9.17, 15) is 4.79 Å². The van der Waals surface area contributed by atoms with E-state index in [1.165, 1.54) is 11.3 Å². The van der Waals surface area contributed by atoms with E-state index >= 15 is 0 Å². The minimum Gasteiger partial charge on any atom is -0.480 e. The number of aromatic nitrogens is 1. The summed E-state index contributed by atoms with van der Waals surface area (Å²) in [5.74, 6) is -0.902. The molecular weight excluding hydrogens is 351 g/mol. The summed E-state index contributed by atoms with van der Waals surface area (Å²) in [6.45, 7) is -0.0971. The molecule has 8 heteroatoms. The highest BCUT2D eigenvalue weighted by atomic mass is 35.5. The van der Waals surface area contributed by atoms with Gasteiger partial charge in [0.15, 0.2) is 0 Å². The van der Waals surface area contributed by atoms with Crippen molar-refractivity contribution in [2.45, 2.75) is 12.8 Å². The molecule has 0 atom stereocenters. The second-order valence-corrected chi connectivity index (χ2v) is 6.83. The van der Waals surface area contributed by atoms with Crippen LogP contribution in [0.1, 0.15) is 11.4 Å². The Morgan fingerprint density at radius 2 is 2.19 bits per heavy atom. The molecule has 1 aromatic heterocycles. The number of thiocarbonyl (C=S) groups is 1. The number of carboxylic acids is 1. The molecule has 2 aromatic rings. The first kappa shape index (κ1) is 16.4. The molecule has 1 aromatic carbocycles. The summed E-state index contributed by atoms with van der Waals surface area (Å²) in [5, 5.41) is 10.6.